The second-order valence-electron chi connectivity index (χ2n) is 8.50. The molecule has 1 aliphatic heterocycles. The van der Waals surface area contributed by atoms with Crippen molar-refractivity contribution in [2.75, 3.05) is 11.9 Å². The van der Waals surface area contributed by atoms with Crippen LogP contribution in [0.25, 0.3) is 10.6 Å². The first kappa shape index (κ1) is 22.2. The fourth-order valence-corrected chi connectivity index (χ4v) is 4.84. The van der Waals surface area contributed by atoms with Gasteiger partial charge in [-0.3, -0.25) is 14.5 Å². The van der Waals surface area contributed by atoms with Crippen LogP contribution in [0.15, 0.2) is 53.9 Å². The fraction of sp³-hybridized carbons (Fsp3) is 0.320. The first-order chi connectivity index (χ1) is 15.4. The van der Waals surface area contributed by atoms with Crippen LogP contribution in [0.4, 0.5) is 5.69 Å². The molecule has 1 atom stereocenters. The molecule has 0 aliphatic carbocycles. The number of likely N-dealkylation sites (tertiary alicyclic amines) is 1. The zero-order valence-corrected chi connectivity index (χ0v) is 19.2. The highest BCUT2D eigenvalue weighted by atomic mass is 32.1. The van der Waals surface area contributed by atoms with Gasteiger partial charge < -0.3 is 11.1 Å². The zero-order valence-electron chi connectivity index (χ0n) is 18.4. The van der Waals surface area contributed by atoms with Crippen LogP contribution in [0, 0.1) is 0 Å². The standard InChI is InChI=1S/C25H28N4O2S/c1-16(2)18-8-10-19(11-9-18)25-28-21(15-32-25)24(31)27-20-6-3-5-17(13-20)14-29-12-4-7-22(29)23(26)30/h3,5-6,8-11,13,15-16,22H,4,7,12,14H2,1-2H3,(H2,26,30)(H,27,31). The summed E-state index contributed by atoms with van der Waals surface area (Å²) in [5.74, 6) is -0.0330. The van der Waals surface area contributed by atoms with E-state index < -0.39 is 0 Å². The van der Waals surface area contributed by atoms with E-state index in [1.807, 2.05) is 24.3 Å². The molecule has 0 saturated carbocycles. The average molecular weight is 449 g/mol. The summed E-state index contributed by atoms with van der Waals surface area (Å²) in [7, 11) is 0. The SMILES string of the molecule is CC(C)c1ccc(-c2nc(C(=O)Nc3cccc(CN4CCCC4C(N)=O)c3)cs2)cc1. The Labute approximate surface area is 192 Å². The second kappa shape index (κ2) is 9.63. The molecule has 1 aliphatic rings. The number of aromatic nitrogens is 1. The number of anilines is 1. The van der Waals surface area contributed by atoms with Crippen LogP contribution in [-0.4, -0.2) is 34.3 Å². The number of nitrogens with zero attached hydrogens (tertiary/aromatic N) is 2. The third-order valence-electron chi connectivity index (χ3n) is 5.82. The van der Waals surface area contributed by atoms with Gasteiger partial charge >= 0.3 is 0 Å². The van der Waals surface area contributed by atoms with Crippen LogP contribution in [0.5, 0.6) is 0 Å². The van der Waals surface area contributed by atoms with Crippen molar-refractivity contribution in [2.24, 2.45) is 5.73 Å². The van der Waals surface area contributed by atoms with E-state index in [0.29, 0.717) is 23.8 Å². The number of hydrogen-bond donors (Lipinski definition) is 2. The van der Waals surface area contributed by atoms with E-state index in [1.165, 1.54) is 16.9 Å². The van der Waals surface area contributed by atoms with Crippen molar-refractivity contribution >= 4 is 28.8 Å². The number of nitrogens with two attached hydrogens (primary N) is 1. The number of primary amides is 1. The Morgan fingerprint density at radius 2 is 2.00 bits per heavy atom. The molecule has 1 fully saturated rings. The molecule has 3 N–H and O–H groups in total. The molecule has 166 valence electrons. The molecule has 2 amide bonds. The van der Waals surface area contributed by atoms with Gasteiger partial charge in [0.15, 0.2) is 0 Å². The summed E-state index contributed by atoms with van der Waals surface area (Å²) < 4.78 is 0. The molecule has 0 radical (unpaired) electrons. The maximum absolute atomic E-state index is 12.8. The number of nitrogens with one attached hydrogen (secondary N) is 1. The molecule has 2 heterocycles. The molecule has 1 saturated heterocycles. The molecule has 0 spiro atoms. The lowest BCUT2D eigenvalue weighted by Crippen LogP contribution is -2.39. The van der Waals surface area contributed by atoms with E-state index in [9.17, 15) is 9.59 Å². The quantitative estimate of drug-likeness (QED) is 0.551. The predicted molar refractivity (Wildman–Crippen MR) is 129 cm³/mol. The number of hydrogen-bond acceptors (Lipinski definition) is 5. The van der Waals surface area contributed by atoms with Crippen molar-refractivity contribution in [1.29, 1.82) is 0 Å². The van der Waals surface area contributed by atoms with Crippen LogP contribution < -0.4 is 11.1 Å². The lowest BCUT2D eigenvalue weighted by atomic mass is 10.0. The summed E-state index contributed by atoms with van der Waals surface area (Å²) in [5.41, 5.74) is 9.94. The summed E-state index contributed by atoms with van der Waals surface area (Å²) in [6.45, 7) is 5.81. The van der Waals surface area contributed by atoms with Crippen LogP contribution >= 0.6 is 11.3 Å². The number of carbonyl (C=O) groups excluding carboxylic acids is 2. The Morgan fingerprint density at radius 3 is 2.72 bits per heavy atom. The Hall–Kier alpha value is -3.03. The molecular weight excluding hydrogens is 420 g/mol. The molecule has 4 rings (SSSR count). The third-order valence-corrected chi connectivity index (χ3v) is 6.72. The van der Waals surface area contributed by atoms with Crippen molar-refractivity contribution in [1.82, 2.24) is 9.88 Å². The van der Waals surface area contributed by atoms with E-state index in [2.05, 4.69) is 53.3 Å². The minimum Gasteiger partial charge on any atom is -0.368 e. The minimum absolute atomic E-state index is 0.212. The zero-order chi connectivity index (χ0) is 22.7. The molecule has 6 nitrogen and oxygen atoms in total. The lowest BCUT2D eigenvalue weighted by molar-refractivity contribution is -0.122. The highest BCUT2D eigenvalue weighted by Gasteiger charge is 2.28. The van der Waals surface area contributed by atoms with Crippen molar-refractivity contribution < 1.29 is 9.59 Å². The van der Waals surface area contributed by atoms with E-state index in [4.69, 9.17) is 5.73 Å². The van der Waals surface area contributed by atoms with Gasteiger partial charge in [0.25, 0.3) is 5.91 Å². The van der Waals surface area contributed by atoms with Gasteiger partial charge in [-0.2, -0.15) is 0 Å². The Balaban J connectivity index is 1.42. The number of rotatable bonds is 7. The normalized spacial score (nSPS) is 16.4. The van der Waals surface area contributed by atoms with E-state index in [0.717, 1.165) is 35.5 Å². The molecule has 0 bridgehead atoms. The summed E-state index contributed by atoms with van der Waals surface area (Å²) in [5, 5.41) is 5.55. The Morgan fingerprint density at radius 1 is 1.22 bits per heavy atom. The summed E-state index contributed by atoms with van der Waals surface area (Å²) in [6.07, 6.45) is 1.77. The van der Waals surface area contributed by atoms with E-state index in [-0.39, 0.29) is 17.9 Å². The highest BCUT2D eigenvalue weighted by molar-refractivity contribution is 7.13. The first-order valence-electron chi connectivity index (χ1n) is 10.9. The minimum atomic E-state index is -0.273. The lowest BCUT2D eigenvalue weighted by Gasteiger charge is -2.22. The van der Waals surface area contributed by atoms with E-state index in [1.54, 1.807) is 5.38 Å². The topological polar surface area (TPSA) is 88.3 Å². The average Bonchev–Trinajstić information content (AvgIpc) is 3.44. The van der Waals surface area contributed by atoms with Gasteiger partial charge in [-0.05, 0) is 48.6 Å². The second-order valence-corrected chi connectivity index (χ2v) is 9.36. The van der Waals surface area contributed by atoms with Gasteiger partial charge in [0.1, 0.15) is 10.7 Å². The van der Waals surface area contributed by atoms with Crippen molar-refractivity contribution in [2.45, 2.75) is 45.2 Å². The van der Waals surface area contributed by atoms with Crippen molar-refractivity contribution in [3.63, 3.8) is 0 Å². The molecule has 1 aromatic heterocycles. The summed E-state index contributed by atoms with van der Waals surface area (Å²) in [6, 6.07) is 15.8. The highest BCUT2D eigenvalue weighted by Crippen LogP contribution is 2.26. The fourth-order valence-electron chi connectivity index (χ4n) is 4.04. The molecule has 3 aromatic rings. The largest absolute Gasteiger partial charge is 0.368 e. The monoisotopic (exact) mass is 448 g/mol. The number of benzene rings is 2. The molecule has 1 unspecified atom stereocenters. The first-order valence-corrected chi connectivity index (χ1v) is 11.8. The van der Waals surface area contributed by atoms with Gasteiger partial charge in [-0.1, -0.05) is 50.2 Å². The van der Waals surface area contributed by atoms with Crippen LogP contribution in [0.3, 0.4) is 0 Å². The van der Waals surface area contributed by atoms with Gasteiger partial charge in [0, 0.05) is 23.2 Å². The van der Waals surface area contributed by atoms with Crippen molar-refractivity contribution in [3.8, 4) is 10.6 Å². The summed E-state index contributed by atoms with van der Waals surface area (Å²) >= 11 is 1.46. The van der Waals surface area contributed by atoms with Gasteiger partial charge in [-0.25, -0.2) is 4.98 Å². The van der Waals surface area contributed by atoms with Crippen molar-refractivity contribution in [3.05, 3.63) is 70.7 Å². The number of carbonyl (C=O) groups is 2. The van der Waals surface area contributed by atoms with Gasteiger partial charge in [-0.15, -0.1) is 11.3 Å². The number of amides is 2. The smallest absolute Gasteiger partial charge is 0.275 e. The van der Waals surface area contributed by atoms with Crippen LogP contribution in [-0.2, 0) is 11.3 Å². The maximum Gasteiger partial charge on any atom is 0.275 e. The summed E-state index contributed by atoms with van der Waals surface area (Å²) in [4.78, 5) is 31.0. The van der Waals surface area contributed by atoms with E-state index >= 15 is 0 Å². The van der Waals surface area contributed by atoms with Gasteiger partial charge in [0.05, 0.1) is 6.04 Å². The molecule has 7 heteroatoms. The van der Waals surface area contributed by atoms with Crippen LogP contribution in [0.1, 0.15) is 54.2 Å². The molecule has 2 aromatic carbocycles. The van der Waals surface area contributed by atoms with Crippen LogP contribution in [0.2, 0.25) is 0 Å². The Bertz CT molecular complexity index is 1110. The third kappa shape index (κ3) is 5.06. The maximum atomic E-state index is 12.8. The predicted octanol–water partition coefficient (Wildman–Crippen LogP) is 4.64. The van der Waals surface area contributed by atoms with Gasteiger partial charge in [0.2, 0.25) is 5.91 Å². The molecular formula is C25H28N4O2S. The molecule has 32 heavy (non-hydrogen) atoms. The number of thiazole rings is 1. The Kier molecular flexibility index (Phi) is 6.67.